The first-order chi connectivity index (χ1) is 15.1. The summed E-state index contributed by atoms with van der Waals surface area (Å²) in [4.78, 5) is 39.1. The molecule has 0 unspecified atom stereocenters. The topological polar surface area (TPSA) is 98.5 Å². The van der Waals surface area contributed by atoms with E-state index in [-0.39, 0.29) is 23.8 Å². The van der Waals surface area contributed by atoms with Crippen LogP contribution in [0.5, 0.6) is 5.88 Å². The van der Waals surface area contributed by atoms with E-state index in [0.717, 1.165) is 21.0 Å². The monoisotopic (exact) mass is 461 g/mol. The highest BCUT2D eigenvalue weighted by molar-refractivity contribution is 6.33. The van der Waals surface area contributed by atoms with Gasteiger partial charge in [-0.3, -0.25) is 9.59 Å². The maximum atomic E-state index is 14.0. The molecule has 0 saturated carbocycles. The fourth-order valence-corrected chi connectivity index (χ4v) is 3.33. The van der Waals surface area contributed by atoms with Crippen molar-refractivity contribution in [1.82, 2.24) is 14.3 Å². The van der Waals surface area contributed by atoms with Crippen molar-refractivity contribution < 1.29 is 13.9 Å². The summed E-state index contributed by atoms with van der Waals surface area (Å²) >= 11 is 6.21. The Morgan fingerprint density at radius 2 is 1.94 bits per heavy atom. The van der Waals surface area contributed by atoms with Crippen LogP contribution in [-0.4, -0.2) is 41.5 Å². The number of methoxy groups -OCH3 is 1. The van der Waals surface area contributed by atoms with Gasteiger partial charge in [-0.15, -0.1) is 5.10 Å². The molecule has 0 bridgehead atoms. The third-order valence-electron chi connectivity index (χ3n) is 4.56. The molecule has 0 aliphatic heterocycles. The van der Waals surface area contributed by atoms with E-state index >= 15 is 0 Å². The Labute approximate surface area is 187 Å². The molecule has 32 heavy (non-hydrogen) atoms. The molecular formula is C21H21ClFN5O4. The van der Waals surface area contributed by atoms with Gasteiger partial charge in [-0.2, -0.15) is 4.68 Å². The highest BCUT2D eigenvalue weighted by Gasteiger charge is 2.17. The number of anilines is 2. The van der Waals surface area contributed by atoms with E-state index in [1.54, 1.807) is 18.2 Å². The lowest BCUT2D eigenvalue weighted by atomic mass is 10.2. The van der Waals surface area contributed by atoms with Crippen LogP contribution in [0.4, 0.5) is 15.8 Å². The van der Waals surface area contributed by atoms with Gasteiger partial charge < -0.3 is 15.0 Å². The number of amides is 1. The standard InChI is InChI=1S/C21H21ClFN5O4/c1-12(29)24-17-10-14(6-8-16(17)23)28-21(31)27(20(30)19(25-28)32-4)11-13-5-7-15(22)18(9-13)26(2)3/h5-10H,11H2,1-4H3,(H,24,29). The molecule has 1 aromatic heterocycles. The highest BCUT2D eigenvalue weighted by Crippen LogP contribution is 2.25. The number of carbonyl (C=O) groups excluding carboxylic acids is 1. The Morgan fingerprint density at radius 3 is 2.56 bits per heavy atom. The molecule has 0 spiro atoms. The summed E-state index contributed by atoms with van der Waals surface area (Å²) in [5.74, 6) is -1.49. The molecule has 3 rings (SSSR count). The number of halogens is 2. The molecule has 1 amide bonds. The van der Waals surface area contributed by atoms with Crippen molar-refractivity contribution in [3.8, 4) is 11.6 Å². The van der Waals surface area contributed by atoms with Crippen LogP contribution in [0, 0.1) is 5.82 Å². The third kappa shape index (κ3) is 4.65. The zero-order chi connectivity index (χ0) is 23.6. The van der Waals surface area contributed by atoms with Crippen LogP contribution in [0.15, 0.2) is 46.0 Å². The second-order valence-corrected chi connectivity index (χ2v) is 7.53. The van der Waals surface area contributed by atoms with Crippen molar-refractivity contribution in [1.29, 1.82) is 0 Å². The quantitative estimate of drug-likeness (QED) is 0.604. The Kier molecular flexibility index (Phi) is 6.64. The average molecular weight is 462 g/mol. The molecule has 0 fully saturated rings. The van der Waals surface area contributed by atoms with Crippen LogP contribution in [0.25, 0.3) is 5.69 Å². The Hall–Kier alpha value is -3.66. The van der Waals surface area contributed by atoms with Crippen LogP contribution in [0.2, 0.25) is 5.02 Å². The minimum absolute atomic E-state index is 0.0751. The number of nitrogens with zero attached hydrogens (tertiary/aromatic N) is 4. The molecule has 2 aromatic carbocycles. The molecule has 9 nitrogen and oxygen atoms in total. The van der Waals surface area contributed by atoms with Crippen LogP contribution >= 0.6 is 11.6 Å². The second kappa shape index (κ2) is 9.23. The van der Waals surface area contributed by atoms with Gasteiger partial charge in [0.2, 0.25) is 5.91 Å². The minimum Gasteiger partial charge on any atom is -0.476 e. The largest absolute Gasteiger partial charge is 0.476 e. The number of hydrogen-bond donors (Lipinski definition) is 1. The first-order valence-electron chi connectivity index (χ1n) is 9.43. The van der Waals surface area contributed by atoms with Crippen LogP contribution < -0.4 is 26.2 Å². The van der Waals surface area contributed by atoms with Gasteiger partial charge in [-0.25, -0.2) is 13.8 Å². The van der Waals surface area contributed by atoms with Gasteiger partial charge in [0, 0.05) is 21.0 Å². The first kappa shape index (κ1) is 23.0. The van der Waals surface area contributed by atoms with Crippen molar-refractivity contribution >= 4 is 28.9 Å². The lowest BCUT2D eigenvalue weighted by Crippen LogP contribution is -2.41. The van der Waals surface area contributed by atoms with Gasteiger partial charge in [0.15, 0.2) is 0 Å². The third-order valence-corrected chi connectivity index (χ3v) is 4.88. The molecule has 0 radical (unpaired) electrons. The fourth-order valence-electron chi connectivity index (χ4n) is 3.04. The van der Waals surface area contributed by atoms with Gasteiger partial charge in [0.1, 0.15) is 5.82 Å². The number of carbonyl (C=O) groups is 1. The molecule has 11 heteroatoms. The molecule has 3 aromatic rings. The number of rotatable bonds is 6. The number of nitrogens with one attached hydrogen (secondary N) is 1. The maximum Gasteiger partial charge on any atom is 0.352 e. The molecule has 0 aliphatic carbocycles. The van der Waals surface area contributed by atoms with Gasteiger partial charge in [-0.1, -0.05) is 17.7 Å². The van der Waals surface area contributed by atoms with E-state index in [9.17, 15) is 18.8 Å². The van der Waals surface area contributed by atoms with E-state index < -0.39 is 23.0 Å². The zero-order valence-corrected chi connectivity index (χ0v) is 18.6. The van der Waals surface area contributed by atoms with E-state index in [1.807, 2.05) is 19.0 Å². The van der Waals surface area contributed by atoms with Crippen molar-refractivity contribution in [3.05, 3.63) is 73.6 Å². The smallest absolute Gasteiger partial charge is 0.352 e. The van der Waals surface area contributed by atoms with Crippen molar-refractivity contribution in [2.45, 2.75) is 13.5 Å². The highest BCUT2D eigenvalue weighted by atomic mass is 35.5. The maximum absolute atomic E-state index is 14.0. The molecule has 0 aliphatic rings. The fraction of sp³-hybridized carbons (Fsp3) is 0.238. The van der Waals surface area contributed by atoms with E-state index in [2.05, 4.69) is 10.4 Å². The molecule has 0 saturated heterocycles. The van der Waals surface area contributed by atoms with Crippen LogP contribution in [0.1, 0.15) is 12.5 Å². The molecular weight excluding hydrogens is 441 g/mol. The summed E-state index contributed by atoms with van der Waals surface area (Å²) in [7, 11) is 4.89. The number of aromatic nitrogens is 3. The predicted octanol–water partition coefficient (Wildman–Crippen LogP) is 2.27. The van der Waals surface area contributed by atoms with E-state index in [4.69, 9.17) is 16.3 Å². The summed E-state index contributed by atoms with van der Waals surface area (Å²) in [6.07, 6.45) is 0. The summed E-state index contributed by atoms with van der Waals surface area (Å²) in [5, 5.41) is 6.82. The molecule has 168 valence electrons. The van der Waals surface area contributed by atoms with Crippen molar-refractivity contribution in [2.24, 2.45) is 0 Å². The van der Waals surface area contributed by atoms with Gasteiger partial charge in [0.25, 0.3) is 5.88 Å². The van der Waals surface area contributed by atoms with Crippen molar-refractivity contribution in [2.75, 3.05) is 31.4 Å². The lowest BCUT2D eigenvalue weighted by molar-refractivity contribution is -0.114. The number of benzene rings is 2. The lowest BCUT2D eigenvalue weighted by Gasteiger charge is -2.16. The van der Waals surface area contributed by atoms with E-state index in [0.29, 0.717) is 10.6 Å². The van der Waals surface area contributed by atoms with Crippen LogP contribution in [-0.2, 0) is 11.3 Å². The Morgan fingerprint density at radius 1 is 1.22 bits per heavy atom. The molecule has 1 heterocycles. The summed E-state index contributed by atoms with van der Waals surface area (Å²) < 4.78 is 21.0. The molecule has 1 N–H and O–H groups in total. The normalized spacial score (nSPS) is 10.7. The van der Waals surface area contributed by atoms with Gasteiger partial charge in [-0.05, 0) is 35.9 Å². The number of hydrogen-bond acceptors (Lipinski definition) is 6. The van der Waals surface area contributed by atoms with Gasteiger partial charge >= 0.3 is 11.2 Å². The number of ether oxygens (including phenoxy) is 1. The first-order valence-corrected chi connectivity index (χ1v) is 9.81. The Bertz CT molecular complexity index is 1300. The zero-order valence-electron chi connectivity index (χ0n) is 17.8. The molecule has 0 atom stereocenters. The van der Waals surface area contributed by atoms with Crippen LogP contribution in [0.3, 0.4) is 0 Å². The summed E-state index contributed by atoms with van der Waals surface area (Å²) in [5.41, 5.74) is -0.116. The Balaban J connectivity index is 2.16. The average Bonchev–Trinajstić information content (AvgIpc) is 2.73. The van der Waals surface area contributed by atoms with E-state index in [1.165, 1.54) is 26.2 Å². The second-order valence-electron chi connectivity index (χ2n) is 7.12. The SMILES string of the molecule is COc1nn(-c2ccc(F)c(NC(C)=O)c2)c(=O)n(Cc2ccc(Cl)c(N(C)C)c2)c1=O. The summed E-state index contributed by atoms with van der Waals surface area (Å²) in [6.45, 7) is 1.15. The summed E-state index contributed by atoms with van der Waals surface area (Å²) in [6, 6.07) is 8.76. The predicted molar refractivity (Wildman–Crippen MR) is 120 cm³/mol. The van der Waals surface area contributed by atoms with Gasteiger partial charge in [0.05, 0.1) is 35.7 Å². The minimum atomic E-state index is -0.766. The van der Waals surface area contributed by atoms with Crippen molar-refractivity contribution in [3.63, 3.8) is 0 Å².